The largest absolute Gasteiger partial charge is 0.472 e. The highest BCUT2D eigenvalue weighted by atomic mass is 32.1. The van der Waals surface area contributed by atoms with E-state index in [0.717, 1.165) is 35.7 Å². The maximum atomic E-state index is 12.6. The minimum absolute atomic E-state index is 0.0328. The Hall–Kier alpha value is -2.02. The standard InChI is InChI=1S/C16H20N4O2S/c1-10-7-14(19-12(3)18-10)22-13-5-4-6-20(8-13)16(21)15-11(2)17-9-23-15/h7,9,13H,4-6,8H2,1-3H3. The van der Waals surface area contributed by atoms with Gasteiger partial charge < -0.3 is 9.64 Å². The molecule has 0 N–H and O–H groups in total. The Balaban J connectivity index is 1.68. The molecular formula is C16H20N4O2S. The molecule has 3 rings (SSSR count). The van der Waals surface area contributed by atoms with Gasteiger partial charge in [-0.2, -0.15) is 4.98 Å². The summed E-state index contributed by atoms with van der Waals surface area (Å²) in [6.07, 6.45) is 1.82. The SMILES string of the molecule is Cc1cc(OC2CCCN(C(=O)c3scnc3C)C2)nc(C)n1. The molecule has 1 aliphatic rings. The summed E-state index contributed by atoms with van der Waals surface area (Å²) in [5.74, 6) is 1.33. The molecule has 1 atom stereocenters. The number of rotatable bonds is 3. The monoisotopic (exact) mass is 332 g/mol. The number of amides is 1. The highest BCUT2D eigenvalue weighted by molar-refractivity contribution is 7.11. The predicted octanol–water partition coefficient (Wildman–Crippen LogP) is 2.54. The second-order valence-electron chi connectivity index (χ2n) is 5.79. The number of ether oxygens (including phenoxy) is 1. The minimum Gasteiger partial charge on any atom is -0.472 e. The Kier molecular flexibility index (Phi) is 4.56. The molecule has 1 aliphatic heterocycles. The number of hydrogen-bond acceptors (Lipinski definition) is 6. The Morgan fingerprint density at radius 1 is 1.35 bits per heavy atom. The summed E-state index contributed by atoms with van der Waals surface area (Å²) in [4.78, 5) is 27.9. The van der Waals surface area contributed by atoms with Crippen LogP contribution in [0, 0.1) is 20.8 Å². The summed E-state index contributed by atoms with van der Waals surface area (Å²) in [5.41, 5.74) is 3.40. The van der Waals surface area contributed by atoms with Crippen molar-refractivity contribution in [3.05, 3.63) is 33.7 Å². The molecule has 1 amide bonds. The average Bonchev–Trinajstić information content (AvgIpc) is 2.92. The summed E-state index contributed by atoms with van der Waals surface area (Å²) < 4.78 is 5.99. The molecule has 1 saturated heterocycles. The maximum absolute atomic E-state index is 12.6. The van der Waals surface area contributed by atoms with Gasteiger partial charge in [-0.25, -0.2) is 9.97 Å². The third-order valence-electron chi connectivity index (χ3n) is 3.84. The van der Waals surface area contributed by atoms with E-state index in [0.29, 0.717) is 18.2 Å². The van der Waals surface area contributed by atoms with E-state index >= 15 is 0 Å². The van der Waals surface area contributed by atoms with Crippen molar-refractivity contribution in [3.8, 4) is 5.88 Å². The summed E-state index contributed by atoms with van der Waals surface area (Å²) >= 11 is 1.40. The number of piperidine rings is 1. The van der Waals surface area contributed by atoms with Gasteiger partial charge in [0.1, 0.15) is 16.8 Å². The number of aryl methyl sites for hydroxylation is 3. The predicted molar refractivity (Wildman–Crippen MR) is 87.9 cm³/mol. The molecule has 6 nitrogen and oxygen atoms in total. The molecule has 23 heavy (non-hydrogen) atoms. The van der Waals surface area contributed by atoms with Gasteiger partial charge in [-0.15, -0.1) is 11.3 Å². The zero-order valence-corrected chi connectivity index (χ0v) is 14.4. The molecule has 3 heterocycles. The molecule has 0 bridgehead atoms. The topological polar surface area (TPSA) is 68.2 Å². The van der Waals surface area contributed by atoms with E-state index in [1.54, 1.807) is 5.51 Å². The second kappa shape index (κ2) is 6.62. The van der Waals surface area contributed by atoms with Gasteiger partial charge in [0.2, 0.25) is 5.88 Å². The molecule has 0 radical (unpaired) electrons. The molecule has 1 fully saturated rings. The van der Waals surface area contributed by atoms with Gasteiger partial charge in [-0.05, 0) is 33.6 Å². The van der Waals surface area contributed by atoms with Crippen molar-refractivity contribution in [2.24, 2.45) is 0 Å². The first-order valence-corrected chi connectivity index (χ1v) is 8.59. The number of thiazole rings is 1. The number of carbonyl (C=O) groups excluding carboxylic acids is 1. The van der Waals surface area contributed by atoms with Crippen LogP contribution in [-0.4, -0.2) is 45.0 Å². The summed E-state index contributed by atoms with van der Waals surface area (Å²) in [7, 11) is 0. The fraction of sp³-hybridized carbons (Fsp3) is 0.500. The number of nitrogens with zero attached hydrogens (tertiary/aromatic N) is 4. The van der Waals surface area contributed by atoms with E-state index in [2.05, 4.69) is 15.0 Å². The van der Waals surface area contributed by atoms with Crippen LogP contribution >= 0.6 is 11.3 Å². The van der Waals surface area contributed by atoms with Crippen molar-refractivity contribution in [1.29, 1.82) is 0 Å². The number of hydrogen-bond donors (Lipinski definition) is 0. The van der Waals surface area contributed by atoms with E-state index in [1.807, 2.05) is 31.7 Å². The van der Waals surface area contributed by atoms with Gasteiger partial charge in [0.05, 0.1) is 17.7 Å². The smallest absolute Gasteiger partial charge is 0.265 e. The Morgan fingerprint density at radius 3 is 2.87 bits per heavy atom. The number of likely N-dealkylation sites (tertiary alicyclic amines) is 1. The molecule has 2 aromatic heterocycles. The zero-order chi connectivity index (χ0) is 16.4. The fourth-order valence-corrected chi connectivity index (χ4v) is 3.55. The average molecular weight is 332 g/mol. The highest BCUT2D eigenvalue weighted by Gasteiger charge is 2.27. The third kappa shape index (κ3) is 3.67. The number of aromatic nitrogens is 3. The van der Waals surface area contributed by atoms with Gasteiger partial charge in [0, 0.05) is 18.3 Å². The second-order valence-corrected chi connectivity index (χ2v) is 6.65. The van der Waals surface area contributed by atoms with Crippen molar-refractivity contribution in [3.63, 3.8) is 0 Å². The summed E-state index contributed by atoms with van der Waals surface area (Å²) in [6, 6.07) is 1.83. The van der Waals surface area contributed by atoms with Crippen LogP contribution in [0.2, 0.25) is 0 Å². The van der Waals surface area contributed by atoms with Crippen molar-refractivity contribution >= 4 is 17.2 Å². The minimum atomic E-state index is -0.0328. The van der Waals surface area contributed by atoms with Gasteiger partial charge in [-0.1, -0.05) is 0 Å². The van der Waals surface area contributed by atoms with Crippen molar-refractivity contribution in [1.82, 2.24) is 19.9 Å². The van der Waals surface area contributed by atoms with Crippen molar-refractivity contribution < 1.29 is 9.53 Å². The van der Waals surface area contributed by atoms with Gasteiger partial charge >= 0.3 is 0 Å². The Labute approximate surface area is 139 Å². The molecule has 0 aliphatic carbocycles. The van der Waals surface area contributed by atoms with E-state index in [4.69, 9.17) is 4.74 Å². The summed E-state index contributed by atoms with van der Waals surface area (Å²) in [6.45, 7) is 6.98. The lowest BCUT2D eigenvalue weighted by Gasteiger charge is -2.32. The fourth-order valence-electron chi connectivity index (χ4n) is 2.78. The molecule has 7 heteroatoms. The molecule has 0 aromatic carbocycles. The van der Waals surface area contributed by atoms with E-state index < -0.39 is 0 Å². The van der Waals surface area contributed by atoms with Crippen LogP contribution in [0.3, 0.4) is 0 Å². The quantitative estimate of drug-likeness (QED) is 0.864. The zero-order valence-electron chi connectivity index (χ0n) is 13.6. The van der Waals surface area contributed by atoms with Gasteiger partial charge in [0.25, 0.3) is 5.91 Å². The third-order valence-corrected chi connectivity index (χ3v) is 4.75. The van der Waals surface area contributed by atoms with Crippen molar-refractivity contribution in [2.45, 2.75) is 39.7 Å². The van der Waals surface area contributed by atoms with Crippen LogP contribution in [0.4, 0.5) is 0 Å². The van der Waals surface area contributed by atoms with Crippen LogP contribution in [0.5, 0.6) is 5.88 Å². The maximum Gasteiger partial charge on any atom is 0.265 e. The van der Waals surface area contributed by atoms with E-state index in [9.17, 15) is 4.79 Å². The number of carbonyl (C=O) groups is 1. The lowest BCUT2D eigenvalue weighted by molar-refractivity contribution is 0.0530. The lowest BCUT2D eigenvalue weighted by Crippen LogP contribution is -2.44. The normalized spacial score (nSPS) is 18.0. The van der Waals surface area contributed by atoms with Crippen LogP contribution < -0.4 is 4.74 Å². The molecule has 122 valence electrons. The first-order valence-electron chi connectivity index (χ1n) is 7.71. The van der Waals surface area contributed by atoms with Crippen LogP contribution in [0.25, 0.3) is 0 Å². The van der Waals surface area contributed by atoms with Crippen LogP contribution in [0.1, 0.15) is 39.7 Å². The highest BCUT2D eigenvalue weighted by Crippen LogP contribution is 2.21. The van der Waals surface area contributed by atoms with E-state index in [1.165, 1.54) is 11.3 Å². The van der Waals surface area contributed by atoms with Crippen LogP contribution in [0.15, 0.2) is 11.6 Å². The Morgan fingerprint density at radius 2 is 2.17 bits per heavy atom. The molecule has 0 spiro atoms. The first-order chi connectivity index (χ1) is 11.0. The molecule has 2 aromatic rings. The van der Waals surface area contributed by atoms with E-state index in [-0.39, 0.29) is 12.0 Å². The Bertz CT molecular complexity index is 696. The molecular weight excluding hydrogens is 312 g/mol. The van der Waals surface area contributed by atoms with Gasteiger partial charge in [-0.3, -0.25) is 4.79 Å². The van der Waals surface area contributed by atoms with Gasteiger partial charge in [0.15, 0.2) is 0 Å². The lowest BCUT2D eigenvalue weighted by atomic mass is 10.1. The van der Waals surface area contributed by atoms with Crippen LogP contribution in [-0.2, 0) is 0 Å². The molecule has 1 unspecified atom stereocenters. The summed E-state index contributed by atoms with van der Waals surface area (Å²) in [5, 5.41) is 0. The van der Waals surface area contributed by atoms with Crippen molar-refractivity contribution in [2.75, 3.05) is 13.1 Å². The molecule has 0 saturated carbocycles. The first kappa shape index (κ1) is 15.9.